The quantitative estimate of drug-likeness (QED) is 0.905. The van der Waals surface area contributed by atoms with Gasteiger partial charge in [-0.2, -0.15) is 0 Å². The van der Waals surface area contributed by atoms with Gasteiger partial charge in [0.05, 0.1) is 6.10 Å². The van der Waals surface area contributed by atoms with Gasteiger partial charge in [-0.05, 0) is 50.3 Å². The third-order valence-electron chi connectivity index (χ3n) is 3.84. The van der Waals surface area contributed by atoms with E-state index in [-0.39, 0.29) is 0 Å². The Morgan fingerprint density at radius 3 is 2.61 bits per heavy atom. The molecule has 100 valence electrons. The van der Waals surface area contributed by atoms with Gasteiger partial charge in [-0.15, -0.1) is 0 Å². The van der Waals surface area contributed by atoms with Crippen LogP contribution in [0.3, 0.4) is 0 Å². The van der Waals surface area contributed by atoms with Gasteiger partial charge in [0.15, 0.2) is 0 Å². The summed E-state index contributed by atoms with van der Waals surface area (Å²) < 4.78 is 6.56. The lowest BCUT2D eigenvalue weighted by Gasteiger charge is -2.30. The second-order valence-electron chi connectivity index (χ2n) is 5.15. The van der Waals surface area contributed by atoms with Gasteiger partial charge in [0.2, 0.25) is 0 Å². The number of rotatable bonds is 4. The van der Waals surface area contributed by atoms with Crippen molar-refractivity contribution in [3.63, 3.8) is 0 Å². The molecule has 1 aliphatic carbocycles. The Balaban J connectivity index is 1.86. The summed E-state index contributed by atoms with van der Waals surface area (Å²) in [6, 6.07) is 9.58. The molecule has 1 aliphatic rings. The van der Waals surface area contributed by atoms with Gasteiger partial charge in [-0.25, -0.2) is 0 Å². The summed E-state index contributed by atoms with van der Waals surface area (Å²) in [6.07, 6.45) is 5.27. The number of nitrogens with one attached hydrogen (secondary N) is 1. The van der Waals surface area contributed by atoms with Gasteiger partial charge in [-0.1, -0.05) is 28.1 Å². The minimum Gasteiger partial charge on any atom is -0.381 e. The first-order valence-corrected chi connectivity index (χ1v) is 7.52. The maximum Gasteiger partial charge on any atom is 0.0572 e. The van der Waals surface area contributed by atoms with Crippen LogP contribution in [-0.4, -0.2) is 19.3 Å². The van der Waals surface area contributed by atoms with Crippen molar-refractivity contribution in [2.45, 2.75) is 50.8 Å². The lowest BCUT2D eigenvalue weighted by atomic mass is 9.92. The van der Waals surface area contributed by atoms with Crippen LogP contribution in [0.15, 0.2) is 28.7 Å². The van der Waals surface area contributed by atoms with Crippen molar-refractivity contribution in [3.8, 4) is 0 Å². The summed E-state index contributed by atoms with van der Waals surface area (Å²) in [6.45, 7) is 2.24. The van der Waals surface area contributed by atoms with Gasteiger partial charge < -0.3 is 10.1 Å². The van der Waals surface area contributed by atoms with E-state index in [4.69, 9.17) is 4.74 Å². The summed E-state index contributed by atoms with van der Waals surface area (Å²) in [5.74, 6) is 0. The molecular formula is C15H22BrNO. The Morgan fingerprint density at radius 2 is 2.00 bits per heavy atom. The highest BCUT2D eigenvalue weighted by atomic mass is 79.9. The monoisotopic (exact) mass is 311 g/mol. The number of ether oxygens (including phenoxy) is 1. The molecule has 1 aromatic rings. The molecule has 3 heteroatoms. The molecular weight excluding hydrogens is 290 g/mol. The van der Waals surface area contributed by atoms with Crippen molar-refractivity contribution in [1.29, 1.82) is 0 Å². The highest BCUT2D eigenvalue weighted by Crippen LogP contribution is 2.24. The first-order chi connectivity index (χ1) is 8.69. The fourth-order valence-electron chi connectivity index (χ4n) is 2.69. The molecule has 18 heavy (non-hydrogen) atoms. The predicted octanol–water partition coefficient (Wildman–Crippen LogP) is 4.06. The number of methoxy groups -OCH3 is 1. The third-order valence-corrected chi connectivity index (χ3v) is 4.34. The minimum absolute atomic E-state index is 0.409. The molecule has 0 amide bonds. The highest BCUT2D eigenvalue weighted by Gasteiger charge is 2.22. The molecule has 1 fully saturated rings. The summed E-state index contributed by atoms with van der Waals surface area (Å²) in [5, 5.41) is 3.73. The average molecular weight is 312 g/mol. The Morgan fingerprint density at radius 1 is 1.28 bits per heavy atom. The maximum absolute atomic E-state index is 5.41. The highest BCUT2D eigenvalue weighted by molar-refractivity contribution is 9.10. The van der Waals surface area contributed by atoms with Crippen LogP contribution < -0.4 is 5.32 Å². The van der Waals surface area contributed by atoms with E-state index in [1.807, 2.05) is 7.11 Å². The zero-order valence-electron chi connectivity index (χ0n) is 11.2. The molecule has 0 saturated heterocycles. The normalized spacial score (nSPS) is 25.9. The summed E-state index contributed by atoms with van der Waals surface area (Å²) in [7, 11) is 1.82. The predicted molar refractivity (Wildman–Crippen MR) is 78.7 cm³/mol. The van der Waals surface area contributed by atoms with E-state index in [2.05, 4.69) is 52.4 Å². The smallest absolute Gasteiger partial charge is 0.0572 e. The van der Waals surface area contributed by atoms with Gasteiger partial charge in [0.25, 0.3) is 0 Å². The topological polar surface area (TPSA) is 21.3 Å². The largest absolute Gasteiger partial charge is 0.381 e. The van der Waals surface area contributed by atoms with E-state index < -0.39 is 0 Å². The molecule has 0 heterocycles. The van der Waals surface area contributed by atoms with Crippen LogP contribution in [0.2, 0.25) is 0 Å². The molecule has 2 rings (SSSR count). The summed E-state index contributed by atoms with van der Waals surface area (Å²) >= 11 is 3.53. The van der Waals surface area contributed by atoms with E-state index in [0.717, 1.165) is 4.47 Å². The van der Waals surface area contributed by atoms with Gasteiger partial charge >= 0.3 is 0 Å². The fourth-order valence-corrected chi connectivity index (χ4v) is 3.11. The molecule has 0 aliphatic heterocycles. The Hall–Kier alpha value is -0.380. The van der Waals surface area contributed by atoms with E-state index in [9.17, 15) is 0 Å². The SMILES string of the molecule is COC1CCC(N[C@H](C)c2cccc(Br)c2)CC1. The van der Waals surface area contributed by atoms with Crippen molar-refractivity contribution >= 4 is 15.9 Å². The second-order valence-corrected chi connectivity index (χ2v) is 6.07. The standard InChI is InChI=1S/C15H22BrNO/c1-11(12-4-3-5-13(16)10-12)17-14-6-8-15(18-2)9-7-14/h3-5,10-11,14-15,17H,6-9H2,1-2H3/t11-,14?,15?/m1/s1. The van der Waals surface area contributed by atoms with Crippen molar-refractivity contribution in [1.82, 2.24) is 5.32 Å². The molecule has 0 bridgehead atoms. The van der Waals surface area contributed by atoms with Crippen LogP contribution in [0.4, 0.5) is 0 Å². The van der Waals surface area contributed by atoms with Crippen molar-refractivity contribution < 1.29 is 4.74 Å². The molecule has 2 nitrogen and oxygen atoms in total. The minimum atomic E-state index is 0.409. The van der Waals surface area contributed by atoms with Gasteiger partial charge in [0.1, 0.15) is 0 Å². The number of halogens is 1. The Bertz CT molecular complexity index is 375. The van der Waals surface area contributed by atoms with Crippen molar-refractivity contribution in [2.75, 3.05) is 7.11 Å². The van der Waals surface area contributed by atoms with E-state index in [1.165, 1.54) is 31.2 Å². The lowest BCUT2D eigenvalue weighted by molar-refractivity contribution is 0.0614. The van der Waals surface area contributed by atoms with Crippen LogP contribution in [-0.2, 0) is 4.74 Å². The van der Waals surface area contributed by atoms with E-state index in [0.29, 0.717) is 18.2 Å². The molecule has 0 spiro atoms. The Labute approximate surface area is 118 Å². The third kappa shape index (κ3) is 3.81. The molecule has 1 saturated carbocycles. The first kappa shape index (κ1) is 14.0. The fraction of sp³-hybridized carbons (Fsp3) is 0.600. The first-order valence-electron chi connectivity index (χ1n) is 6.73. The van der Waals surface area contributed by atoms with Crippen LogP contribution in [0.1, 0.15) is 44.2 Å². The number of benzene rings is 1. The van der Waals surface area contributed by atoms with Crippen molar-refractivity contribution in [2.24, 2.45) is 0 Å². The van der Waals surface area contributed by atoms with Crippen LogP contribution in [0.25, 0.3) is 0 Å². The maximum atomic E-state index is 5.41. The average Bonchev–Trinajstić information content (AvgIpc) is 2.39. The van der Waals surface area contributed by atoms with Gasteiger partial charge in [0, 0.05) is 23.7 Å². The zero-order chi connectivity index (χ0) is 13.0. The molecule has 1 N–H and O–H groups in total. The molecule has 0 unspecified atom stereocenters. The molecule has 1 atom stereocenters. The van der Waals surface area contributed by atoms with Crippen LogP contribution in [0.5, 0.6) is 0 Å². The second kappa shape index (κ2) is 6.69. The Kier molecular flexibility index (Phi) is 5.22. The number of hydrogen-bond donors (Lipinski definition) is 1. The van der Waals surface area contributed by atoms with E-state index in [1.54, 1.807) is 0 Å². The summed E-state index contributed by atoms with van der Waals surface area (Å²) in [4.78, 5) is 0. The summed E-state index contributed by atoms with van der Waals surface area (Å²) in [5.41, 5.74) is 1.35. The van der Waals surface area contributed by atoms with E-state index >= 15 is 0 Å². The van der Waals surface area contributed by atoms with Crippen LogP contribution >= 0.6 is 15.9 Å². The van der Waals surface area contributed by atoms with Gasteiger partial charge in [-0.3, -0.25) is 0 Å². The van der Waals surface area contributed by atoms with Crippen LogP contribution in [0, 0.1) is 0 Å². The van der Waals surface area contributed by atoms with Crippen molar-refractivity contribution in [3.05, 3.63) is 34.3 Å². The molecule has 0 radical (unpaired) electrons. The molecule has 0 aromatic heterocycles. The zero-order valence-corrected chi connectivity index (χ0v) is 12.7. The lowest BCUT2D eigenvalue weighted by Crippen LogP contribution is -2.36. The number of hydrogen-bond acceptors (Lipinski definition) is 2. The molecule has 1 aromatic carbocycles.